The van der Waals surface area contributed by atoms with Crippen LogP contribution in [0.15, 0.2) is 66.0 Å². The smallest absolute Gasteiger partial charge is 0.320 e. The van der Waals surface area contributed by atoms with Gasteiger partial charge in [0.05, 0.1) is 22.4 Å². The van der Waals surface area contributed by atoms with Gasteiger partial charge in [0.15, 0.2) is 0 Å². The van der Waals surface area contributed by atoms with Crippen molar-refractivity contribution in [2.75, 3.05) is 37.0 Å². The fourth-order valence-corrected chi connectivity index (χ4v) is 3.87. The summed E-state index contributed by atoms with van der Waals surface area (Å²) in [5.41, 5.74) is 8.47. The van der Waals surface area contributed by atoms with E-state index in [0.717, 1.165) is 30.0 Å². The minimum atomic E-state index is -0.247. The van der Waals surface area contributed by atoms with E-state index < -0.39 is 0 Å². The van der Waals surface area contributed by atoms with Crippen LogP contribution in [0.2, 0.25) is 0 Å². The number of carbonyl (C=O) groups is 2. The summed E-state index contributed by atoms with van der Waals surface area (Å²) >= 11 is 1.47. The lowest BCUT2D eigenvalue weighted by atomic mass is 10.00. The van der Waals surface area contributed by atoms with E-state index in [9.17, 15) is 9.59 Å². The zero-order valence-corrected chi connectivity index (χ0v) is 19.1. The first-order chi connectivity index (χ1) is 15.4. The Kier molecular flexibility index (Phi) is 8.24. The molecule has 2 aromatic carbocycles. The molecule has 0 aliphatic rings. The van der Waals surface area contributed by atoms with Gasteiger partial charge in [-0.1, -0.05) is 24.3 Å². The number of carbonyl (C=O) groups excluding carboxylic acids is 2. The predicted octanol–water partition coefficient (Wildman–Crippen LogP) is 4.79. The molecular formula is C24H29N5O2S. The number of hydrogen-bond donors (Lipinski definition) is 4. The van der Waals surface area contributed by atoms with Crippen molar-refractivity contribution in [3.8, 4) is 0 Å². The molecule has 32 heavy (non-hydrogen) atoms. The molecule has 1 heterocycles. The Balaban J connectivity index is 1.68. The standard InChI is InChI=1S/C24H29N5O2S/c1-29(2)15-5-9-20(27-24(31)28-22-10-6-16-32-22)17-11-13-18(14-12-17)23(30)26-21-8-4-3-7-19(21)25/h3-4,6-8,10-14,16,20H,5,9,15,25H2,1-2H3,(H,26,30)(H2,27,28,31). The zero-order chi connectivity index (χ0) is 22.9. The number of nitrogen functional groups attached to an aromatic ring is 1. The molecule has 5 N–H and O–H groups in total. The van der Waals surface area contributed by atoms with Crippen molar-refractivity contribution in [1.29, 1.82) is 0 Å². The molecule has 3 amide bonds. The highest BCUT2D eigenvalue weighted by molar-refractivity contribution is 7.14. The predicted molar refractivity (Wildman–Crippen MR) is 132 cm³/mol. The lowest BCUT2D eigenvalue weighted by molar-refractivity contribution is 0.102. The van der Waals surface area contributed by atoms with Crippen LogP contribution in [0.5, 0.6) is 0 Å². The number of hydrogen-bond acceptors (Lipinski definition) is 5. The fourth-order valence-electron chi connectivity index (χ4n) is 3.26. The Morgan fingerprint density at radius 1 is 1.00 bits per heavy atom. The second kappa shape index (κ2) is 11.3. The van der Waals surface area contributed by atoms with E-state index in [2.05, 4.69) is 20.9 Å². The summed E-state index contributed by atoms with van der Waals surface area (Å²) in [7, 11) is 4.05. The molecule has 0 aliphatic heterocycles. The molecule has 3 aromatic rings. The highest BCUT2D eigenvalue weighted by Crippen LogP contribution is 2.22. The van der Waals surface area contributed by atoms with Crippen LogP contribution in [0.4, 0.5) is 21.2 Å². The molecule has 0 spiro atoms. The van der Waals surface area contributed by atoms with Crippen LogP contribution >= 0.6 is 11.3 Å². The SMILES string of the molecule is CN(C)CCCC(NC(=O)Nc1cccs1)c1ccc(C(=O)Nc2ccccc2N)cc1. The third kappa shape index (κ3) is 6.83. The minimum absolute atomic E-state index is 0.170. The topological polar surface area (TPSA) is 99.5 Å². The number of nitrogens with one attached hydrogen (secondary N) is 3. The monoisotopic (exact) mass is 451 g/mol. The molecule has 0 aliphatic carbocycles. The summed E-state index contributed by atoms with van der Waals surface area (Å²) < 4.78 is 0. The molecule has 0 fully saturated rings. The lowest BCUT2D eigenvalue weighted by Crippen LogP contribution is -2.33. The third-order valence-electron chi connectivity index (χ3n) is 4.95. The van der Waals surface area contributed by atoms with Gasteiger partial charge in [-0.25, -0.2) is 4.79 Å². The van der Waals surface area contributed by atoms with Crippen LogP contribution in [0.25, 0.3) is 0 Å². The first-order valence-electron chi connectivity index (χ1n) is 10.4. The second-order valence-electron chi connectivity index (χ2n) is 7.74. The largest absolute Gasteiger partial charge is 0.397 e. The van der Waals surface area contributed by atoms with Gasteiger partial charge in [-0.05, 0) is 80.8 Å². The Bertz CT molecular complexity index is 1020. The van der Waals surface area contributed by atoms with Gasteiger partial charge >= 0.3 is 6.03 Å². The molecule has 7 nitrogen and oxygen atoms in total. The zero-order valence-electron chi connectivity index (χ0n) is 18.3. The molecule has 3 rings (SSSR count). The maximum absolute atomic E-state index is 12.6. The van der Waals surface area contributed by atoms with Crippen LogP contribution in [0, 0.1) is 0 Å². The summed E-state index contributed by atoms with van der Waals surface area (Å²) in [6, 6.07) is 17.8. The van der Waals surface area contributed by atoms with Crippen LogP contribution in [-0.2, 0) is 0 Å². The van der Waals surface area contributed by atoms with E-state index in [1.54, 1.807) is 24.3 Å². The van der Waals surface area contributed by atoms with Crippen LogP contribution in [0.3, 0.4) is 0 Å². The summed E-state index contributed by atoms with van der Waals surface area (Å²) in [5.74, 6) is -0.234. The summed E-state index contributed by atoms with van der Waals surface area (Å²) in [4.78, 5) is 27.2. The average Bonchev–Trinajstić information content (AvgIpc) is 3.27. The van der Waals surface area contributed by atoms with Gasteiger partial charge < -0.3 is 21.3 Å². The quantitative estimate of drug-likeness (QED) is 0.352. The van der Waals surface area contributed by atoms with Gasteiger partial charge in [0.25, 0.3) is 5.91 Å². The van der Waals surface area contributed by atoms with E-state index in [4.69, 9.17) is 5.73 Å². The van der Waals surface area contributed by atoms with Crippen molar-refractivity contribution in [3.05, 3.63) is 77.2 Å². The number of rotatable bonds is 9. The van der Waals surface area contributed by atoms with Crippen molar-refractivity contribution in [2.24, 2.45) is 0 Å². The van der Waals surface area contributed by atoms with E-state index in [-0.39, 0.29) is 18.0 Å². The van der Waals surface area contributed by atoms with E-state index >= 15 is 0 Å². The Labute approximate surface area is 192 Å². The number of benzene rings is 2. The molecular weight excluding hydrogens is 422 g/mol. The number of para-hydroxylation sites is 2. The number of nitrogens with two attached hydrogens (primary N) is 1. The highest BCUT2D eigenvalue weighted by atomic mass is 32.1. The molecule has 0 bridgehead atoms. The van der Waals surface area contributed by atoms with Crippen LogP contribution < -0.4 is 21.7 Å². The van der Waals surface area contributed by atoms with Crippen molar-refractivity contribution >= 4 is 39.7 Å². The van der Waals surface area contributed by atoms with Gasteiger partial charge in [0.1, 0.15) is 0 Å². The van der Waals surface area contributed by atoms with Gasteiger partial charge in [0.2, 0.25) is 0 Å². The summed E-state index contributed by atoms with van der Waals surface area (Å²) in [6.07, 6.45) is 1.70. The Morgan fingerprint density at radius 2 is 1.75 bits per heavy atom. The van der Waals surface area contributed by atoms with Crippen molar-refractivity contribution in [1.82, 2.24) is 10.2 Å². The molecule has 0 saturated heterocycles. The molecule has 8 heteroatoms. The van der Waals surface area contributed by atoms with E-state index in [1.165, 1.54) is 11.3 Å². The normalized spacial score (nSPS) is 11.7. The number of anilines is 3. The van der Waals surface area contributed by atoms with Crippen molar-refractivity contribution in [3.63, 3.8) is 0 Å². The van der Waals surface area contributed by atoms with E-state index in [0.29, 0.717) is 16.9 Å². The number of thiophene rings is 1. The summed E-state index contributed by atoms with van der Waals surface area (Å²) in [5, 5.41) is 11.5. The first kappa shape index (κ1) is 23.3. The van der Waals surface area contributed by atoms with Crippen molar-refractivity contribution in [2.45, 2.75) is 18.9 Å². The molecule has 0 radical (unpaired) electrons. The van der Waals surface area contributed by atoms with Gasteiger partial charge in [0, 0.05) is 5.56 Å². The van der Waals surface area contributed by atoms with Gasteiger partial charge in [-0.15, -0.1) is 11.3 Å². The lowest BCUT2D eigenvalue weighted by Gasteiger charge is -2.21. The van der Waals surface area contributed by atoms with Crippen molar-refractivity contribution < 1.29 is 9.59 Å². The Hall–Kier alpha value is -3.36. The molecule has 1 unspecified atom stereocenters. The van der Waals surface area contributed by atoms with Crippen LogP contribution in [0.1, 0.15) is 34.8 Å². The van der Waals surface area contributed by atoms with Gasteiger partial charge in [-0.2, -0.15) is 0 Å². The number of nitrogens with zero attached hydrogens (tertiary/aromatic N) is 1. The average molecular weight is 452 g/mol. The molecule has 1 atom stereocenters. The molecule has 168 valence electrons. The summed E-state index contributed by atoms with van der Waals surface area (Å²) in [6.45, 7) is 0.920. The van der Waals surface area contributed by atoms with E-state index in [1.807, 2.05) is 55.9 Å². The molecule has 0 saturated carbocycles. The highest BCUT2D eigenvalue weighted by Gasteiger charge is 2.16. The Morgan fingerprint density at radius 3 is 2.41 bits per heavy atom. The number of amides is 3. The van der Waals surface area contributed by atoms with Gasteiger partial charge in [-0.3, -0.25) is 10.1 Å². The second-order valence-corrected chi connectivity index (χ2v) is 8.68. The number of urea groups is 1. The molecule has 1 aromatic heterocycles. The minimum Gasteiger partial charge on any atom is -0.397 e. The fraction of sp³-hybridized carbons (Fsp3) is 0.250. The maximum atomic E-state index is 12.6. The van der Waals surface area contributed by atoms with Crippen LogP contribution in [-0.4, -0.2) is 37.5 Å². The maximum Gasteiger partial charge on any atom is 0.320 e. The first-order valence-corrected chi connectivity index (χ1v) is 11.3. The third-order valence-corrected chi connectivity index (χ3v) is 5.73.